The van der Waals surface area contributed by atoms with Crippen molar-refractivity contribution in [3.05, 3.63) is 28.3 Å². The second-order valence-corrected chi connectivity index (χ2v) is 6.01. The van der Waals surface area contributed by atoms with E-state index in [4.69, 9.17) is 9.47 Å². The molecule has 1 N–H and O–H groups in total. The molecule has 1 aromatic heterocycles. The van der Waals surface area contributed by atoms with Crippen LogP contribution >= 0.6 is 0 Å². The van der Waals surface area contributed by atoms with Gasteiger partial charge in [0, 0.05) is 25.1 Å². The van der Waals surface area contributed by atoms with E-state index in [1.165, 1.54) is 0 Å². The van der Waals surface area contributed by atoms with E-state index in [0.717, 1.165) is 13.0 Å². The summed E-state index contributed by atoms with van der Waals surface area (Å²) >= 11 is 0. The Morgan fingerprint density at radius 2 is 2.26 bits per heavy atom. The molecule has 23 heavy (non-hydrogen) atoms. The van der Waals surface area contributed by atoms with Gasteiger partial charge in [0.2, 0.25) is 0 Å². The fourth-order valence-corrected chi connectivity index (χ4v) is 3.14. The highest BCUT2D eigenvalue weighted by Crippen LogP contribution is 2.35. The van der Waals surface area contributed by atoms with Crippen LogP contribution in [0.1, 0.15) is 12.2 Å². The summed E-state index contributed by atoms with van der Waals surface area (Å²) in [6.45, 7) is 3.72. The third-order valence-corrected chi connectivity index (χ3v) is 4.31. The van der Waals surface area contributed by atoms with Gasteiger partial charge in [0.1, 0.15) is 11.6 Å². The van der Waals surface area contributed by atoms with Crippen LogP contribution in [0.4, 0.5) is 5.69 Å². The monoisotopic (exact) mass is 315 g/mol. The number of amides is 1. The first kappa shape index (κ1) is 14.2. The fraction of sp³-hybridized carbons (Fsp3) is 0.438. The molecule has 0 unspecified atom stereocenters. The number of aryl methyl sites for hydroxylation is 1. The summed E-state index contributed by atoms with van der Waals surface area (Å²) in [7, 11) is 0. The lowest BCUT2D eigenvalue weighted by Gasteiger charge is -2.31. The lowest BCUT2D eigenvalue weighted by molar-refractivity contribution is -0.121. The standard InChI is InChI=1S/C16H17N3O4/c1-9-17-12-5-14-13(4-11(12)16(21)18-9)19(15(20)8-23-14)6-10-2-3-22-7-10/h4-5,10H,2-3,6-8H2,1H3,(H,17,18,21)/t10-/m0/s1. The number of fused-ring (bicyclic) bond motifs is 2. The number of carbonyl (C=O) groups is 1. The van der Waals surface area contributed by atoms with Gasteiger partial charge in [0.05, 0.1) is 23.2 Å². The largest absolute Gasteiger partial charge is 0.481 e. The number of anilines is 1. The van der Waals surface area contributed by atoms with E-state index in [9.17, 15) is 9.59 Å². The molecule has 1 saturated heterocycles. The number of aromatic amines is 1. The molecule has 7 heteroatoms. The van der Waals surface area contributed by atoms with Crippen molar-refractivity contribution in [2.45, 2.75) is 13.3 Å². The van der Waals surface area contributed by atoms with Gasteiger partial charge in [-0.3, -0.25) is 9.59 Å². The zero-order valence-corrected chi connectivity index (χ0v) is 12.8. The van der Waals surface area contributed by atoms with Crippen molar-refractivity contribution in [2.75, 3.05) is 31.3 Å². The zero-order chi connectivity index (χ0) is 16.0. The number of hydrogen-bond donors (Lipinski definition) is 1. The number of ether oxygens (including phenoxy) is 2. The molecule has 1 atom stereocenters. The van der Waals surface area contributed by atoms with Crippen molar-refractivity contribution in [1.29, 1.82) is 0 Å². The van der Waals surface area contributed by atoms with Crippen LogP contribution in [0.15, 0.2) is 16.9 Å². The van der Waals surface area contributed by atoms with E-state index in [0.29, 0.717) is 47.2 Å². The van der Waals surface area contributed by atoms with Crippen molar-refractivity contribution in [3.8, 4) is 5.75 Å². The maximum atomic E-state index is 12.3. The van der Waals surface area contributed by atoms with Crippen LogP contribution in [0.3, 0.4) is 0 Å². The Labute approximate surface area is 132 Å². The van der Waals surface area contributed by atoms with Gasteiger partial charge in [-0.1, -0.05) is 0 Å². The lowest BCUT2D eigenvalue weighted by Crippen LogP contribution is -2.42. The van der Waals surface area contributed by atoms with E-state index in [2.05, 4.69) is 9.97 Å². The van der Waals surface area contributed by atoms with E-state index in [1.807, 2.05) is 0 Å². The van der Waals surface area contributed by atoms with E-state index in [-0.39, 0.29) is 18.1 Å². The Kier molecular flexibility index (Phi) is 3.30. The van der Waals surface area contributed by atoms with Gasteiger partial charge in [-0.15, -0.1) is 0 Å². The van der Waals surface area contributed by atoms with Crippen LogP contribution in [-0.4, -0.2) is 42.2 Å². The predicted octanol–water partition coefficient (Wildman–Crippen LogP) is 0.993. The van der Waals surface area contributed by atoms with Gasteiger partial charge in [0.25, 0.3) is 11.5 Å². The van der Waals surface area contributed by atoms with Crippen molar-refractivity contribution in [1.82, 2.24) is 9.97 Å². The summed E-state index contributed by atoms with van der Waals surface area (Å²) in [5.74, 6) is 1.36. The molecule has 0 spiro atoms. The highest BCUT2D eigenvalue weighted by Gasteiger charge is 2.30. The van der Waals surface area contributed by atoms with Gasteiger partial charge in [0.15, 0.2) is 6.61 Å². The van der Waals surface area contributed by atoms with Gasteiger partial charge in [-0.2, -0.15) is 0 Å². The zero-order valence-electron chi connectivity index (χ0n) is 12.8. The van der Waals surface area contributed by atoms with Gasteiger partial charge in [-0.05, 0) is 19.4 Å². The minimum absolute atomic E-state index is 0.00819. The van der Waals surface area contributed by atoms with Crippen LogP contribution in [0.2, 0.25) is 0 Å². The number of carbonyl (C=O) groups excluding carboxylic acids is 1. The molecule has 7 nitrogen and oxygen atoms in total. The molecular formula is C16H17N3O4. The van der Waals surface area contributed by atoms with E-state index in [1.54, 1.807) is 24.0 Å². The summed E-state index contributed by atoms with van der Waals surface area (Å²) in [5, 5.41) is 0.459. The van der Waals surface area contributed by atoms with E-state index >= 15 is 0 Å². The number of H-pyrrole nitrogens is 1. The number of hydrogen-bond acceptors (Lipinski definition) is 5. The minimum Gasteiger partial charge on any atom is -0.481 e. The normalized spacial score (nSPS) is 20.7. The Balaban J connectivity index is 1.81. The molecule has 120 valence electrons. The van der Waals surface area contributed by atoms with Crippen LogP contribution in [0.5, 0.6) is 5.75 Å². The fourth-order valence-electron chi connectivity index (χ4n) is 3.14. The number of aromatic nitrogens is 2. The quantitative estimate of drug-likeness (QED) is 0.893. The van der Waals surface area contributed by atoms with E-state index < -0.39 is 0 Å². The molecule has 2 aliphatic heterocycles. The maximum absolute atomic E-state index is 12.3. The molecule has 4 rings (SSSR count). The minimum atomic E-state index is -0.211. The molecule has 2 aromatic rings. The van der Waals surface area contributed by atoms with Crippen molar-refractivity contribution < 1.29 is 14.3 Å². The number of nitrogens with zero attached hydrogens (tertiary/aromatic N) is 2. The molecule has 1 aromatic carbocycles. The summed E-state index contributed by atoms with van der Waals surface area (Å²) in [5.41, 5.74) is 0.998. The molecule has 2 aliphatic rings. The van der Waals surface area contributed by atoms with Crippen molar-refractivity contribution in [2.24, 2.45) is 5.92 Å². The second-order valence-electron chi connectivity index (χ2n) is 6.01. The average molecular weight is 315 g/mol. The Morgan fingerprint density at radius 3 is 3.04 bits per heavy atom. The molecule has 0 bridgehead atoms. The highest BCUT2D eigenvalue weighted by molar-refractivity contribution is 6.00. The summed E-state index contributed by atoms with van der Waals surface area (Å²) in [6, 6.07) is 3.43. The second kappa shape index (κ2) is 5.34. The summed E-state index contributed by atoms with van der Waals surface area (Å²) in [6.07, 6.45) is 0.939. The van der Waals surface area contributed by atoms with Crippen LogP contribution in [0, 0.1) is 12.8 Å². The van der Waals surface area contributed by atoms with Gasteiger partial charge in [-0.25, -0.2) is 4.98 Å². The first-order valence-corrected chi connectivity index (χ1v) is 7.67. The first-order chi connectivity index (χ1) is 11.1. The number of nitrogens with one attached hydrogen (secondary N) is 1. The highest BCUT2D eigenvalue weighted by atomic mass is 16.5. The molecule has 3 heterocycles. The predicted molar refractivity (Wildman–Crippen MR) is 83.9 cm³/mol. The Morgan fingerprint density at radius 1 is 1.39 bits per heavy atom. The molecule has 0 aliphatic carbocycles. The lowest BCUT2D eigenvalue weighted by atomic mass is 10.1. The smallest absolute Gasteiger partial charge is 0.265 e. The average Bonchev–Trinajstić information content (AvgIpc) is 3.02. The Hall–Kier alpha value is -2.41. The first-order valence-electron chi connectivity index (χ1n) is 7.67. The van der Waals surface area contributed by atoms with Crippen LogP contribution in [-0.2, 0) is 9.53 Å². The summed E-state index contributed by atoms with van der Waals surface area (Å²) in [4.78, 5) is 33.2. The van der Waals surface area contributed by atoms with Crippen LogP contribution in [0.25, 0.3) is 10.9 Å². The maximum Gasteiger partial charge on any atom is 0.265 e. The number of rotatable bonds is 2. The third-order valence-electron chi connectivity index (χ3n) is 4.31. The van der Waals surface area contributed by atoms with Crippen molar-refractivity contribution in [3.63, 3.8) is 0 Å². The topological polar surface area (TPSA) is 84.5 Å². The third kappa shape index (κ3) is 2.46. The Bertz CT molecular complexity index is 839. The molecule has 0 saturated carbocycles. The molecule has 0 radical (unpaired) electrons. The molecule has 1 fully saturated rings. The van der Waals surface area contributed by atoms with Gasteiger partial charge >= 0.3 is 0 Å². The summed E-state index contributed by atoms with van der Waals surface area (Å²) < 4.78 is 10.9. The SMILES string of the molecule is Cc1nc2cc3c(cc2c(=O)[nH]1)N(C[C@@H]1CCOC1)C(=O)CO3. The van der Waals surface area contributed by atoms with Gasteiger partial charge < -0.3 is 19.4 Å². The van der Waals surface area contributed by atoms with Crippen LogP contribution < -0.4 is 15.2 Å². The van der Waals surface area contributed by atoms with Crippen molar-refractivity contribution >= 4 is 22.5 Å². The number of benzene rings is 1. The molecule has 1 amide bonds. The molecular weight excluding hydrogens is 298 g/mol.